The summed E-state index contributed by atoms with van der Waals surface area (Å²) in [5, 5.41) is 11.9. The molecule has 0 aromatic rings. The van der Waals surface area contributed by atoms with Crippen LogP contribution in [-0.4, -0.2) is 47.8 Å². The normalized spacial score (nSPS) is 23.9. The van der Waals surface area contributed by atoms with Crippen molar-refractivity contribution in [1.29, 1.82) is 0 Å². The standard InChI is InChI=1S/C12H25N3O2/c1-12(2,17-3)7-9-15-8-5-4-6-10(15)11(13)14-16/h10,16H,4-9H2,1-3H3,(H2,13,14). The van der Waals surface area contributed by atoms with Crippen molar-refractivity contribution in [3.63, 3.8) is 0 Å². The molecule has 1 saturated heterocycles. The third-order valence-corrected chi connectivity index (χ3v) is 3.62. The molecule has 1 unspecified atom stereocenters. The molecule has 1 heterocycles. The number of hydrogen-bond acceptors (Lipinski definition) is 4. The van der Waals surface area contributed by atoms with Gasteiger partial charge in [-0.25, -0.2) is 0 Å². The SMILES string of the molecule is COC(C)(C)CCN1CCCCC1C(N)=NO. The van der Waals surface area contributed by atoms with Gasteiger partial charge in [0, 0.05) is 13.7 Å². The maximum atomic E-state index is 8.79. The third kappa shape index (κ3) is 4.16. The first kappa shape index (κ1) is 14.3. The minimum Gasteiger partial charge on any atom is -0.409 e. The van der Waals surface area contributed by atoms with E-state index in [0.29, 0.717) is 5.84 Å². The molecule has 3 N–H and O–H groups in total. The molecule has 1 aliphatic heterocycles. The van der Waals surface area contributed by atoms with Crippen molar-refractivity contribution in [2.24, 2.45) is 10.9 Å². The Morgan fingerprint density at radius 2 is 2.24 bits per heavy atom. The monoisotopic (exact) mass is 243 g/mol. The highest BCUT2D eigenvalue weighted by molar-refractivity contribution is 5.85. The van der Waals surface area contributed by atoms with Crippen LogP contribution < -0.4 is 5.73 Å². The predicted octanol–water partition coefficient (Wildman–Crippen LogP) is 1.40. The van der Waals surface area contributed by atoms with Crippen molar-refractivity contribution in [2.75, 3.05) is 20.2 Å². The van der Waals surface area contributed by atoms with E-state index in [-0.39, 0.29) is 11.6 Å². The van der Waals surface area contributed by atoms with E-state index in [0.717, 1.165) is 32.4 Å². The van der Waals surface area contributed by atoms with E-state index in [1.807, 2.05) is 0 Å². The van der Waals surface area contributed by atoms with Gasteiger partial charge >= 0.3 is 0 Å². The molecular weight excluding hydrogens is 218 g/mol. The fourth-order valence-corrected chi connectivity index (χ4v) is 2.18. The number of hydrogen-bond donors (Lipinski definition) is 2. The number of likely N-dealkylation sites (tertiary alicyclic amines) is 1. The number of methoxy groups -OCH3 is 1. The predicted molar refractivity (Wildman–Crippen MR) is 68.3 cm³/mol. The van der Waals surface area contributed by atoms with Gasteiger partial charge in [-0.2, -0.15) is 0 Å². The molecular formula is C12H25N3O2. The van der Waals surface area contributed by atoms with Crippen molar-refractivity contribution < 1.29 is 9.94 Å². The molecule has 1 rings (SSSR count). The van der Waals surface area contributed by atoms with Crippen LogP contribution in [0.25, 0.3) is 0 Å². The Balaban J connectivity index is 2.54. The lowest BCUT2D eigenvalue weighted by Crippen LogP contribution is -2.49. The van der Waals surface area contributed by atoms with E-state index in [9.17, 15) is 0 Å². The minimum atomic E-state index is -0.118. The second kappa shape index (κ2) is 6.21. The van der Waals surface area contributed by atoms with Crippen LogP contribution in [0.15, 0.2) is 5.16 Å². The van der Waals surface area contributed by atoms with Crippen LogP contribution >= 0.6 is 0 Å². The van der Waals surface area contributed by atoms with Gasteiger partial charge in [0.2, 0.25) is 0 Å². The summed E-state index contributed by atoms with van der Waals surface area (Å²) >= 11 is 0. The number of nitrogens with zero attached hydrogens (tertiary/aromatic N) is 2. The summed E-state index contributed by atoms with van der Waals surface area (Å²) in [5.41, 5.74) is 5.62. The first-order chi connectivity index (χ1) is 8.00. The minimum absolute atomic E-state index is 0.0846. The Morgan fingerprint density at radius 3 is 2.82 bits per heavy atom. The highest BCUT2D eigenvalue weighted by Crippen LogP contribution is 2.20. The molecule has 0 aromatic heterocycles. The van der Waals surface area contributed by atoms with Crippen LogP contribution in [0.1, 0.15) is 39.5 Å². The number of ether oxygens (including phenoxy) is 1. The first-order valence-electron chi connectivity index (χ1n) is 6.27. The van der Waals surface area contributed by atoms with E-state index in [2.05, 4.69) is 23.9 Å². The van der Waals surface area contributed by atoms with E-state index < -0.39 is 0 Å². The lowest BCUT2D eigenvalue weighted by atomic mass is 9.98. The Morgan fingerprint density at radius 1 is 1.53 bits per heavy atom. The summed E-state index contributed by atoms with van der Waals surface area (Å²) in [4.78, 5) is 2.29. The number of oxime groups is 1. The van der Waals surface area contributed by atoms with Gasteiger partial charge in [-0.3, -0.25) is 4.90 Å². The molecule has 0 amide bonds. The van der Waals surface area contributed by atoms with Gasteiger partial charge in [-0.1, -0.05) is 11.6 Å². The number of amidine groups is 1. The van der Waals surface area contributed by atoms with Crippen LogP contribution in [0.3, 0.4) is 0 Å². The third-order valence-electron chi connectivity index (χ3n) is 3.62. The Kier molecular flexibility index (Phi) is 5.21. The van der Waals surface area contributed by atoms with Gasteiger partial charge < -0.3 is 15.7 Å². The summed E-state index contributed by atoms with van der Waals surface area (Å²) in [7, 11) is 1.73. The fourth-order valence-electron chi connectivity index (χ4n) is 2.18. The van der Waals surface area contributed by atoms with Crippen molar-refractivity contribution in [3.05, 3.63) is 0 Å². The molecule has 5 heteroatoms. The van der Waals surface area contributed by atoms with Crippen molar-refractivity contribution in [2.45, 2.75) is 51.2 Å². The lowest BCUT2D eigenvalue weighted by molar-refractivity contribution is 0.00396. The molecule has 5 nitrogen and oxygen atoms in total. The zero-order valence-electron chi connectivity index (χ0n) is 11.1. The van der Waals surface area contributed by atoms with Crippen LogP contribution in [-0.2, 0) is 4.74 Å². The number of nitrogens with two attached hydrogens (primary N) is 1. The second-order valence-electron chi connectivity index (χ2n) is 5.29. The Hall–Kier alpha value is -0.810. The molecule has 100 valence electrons. The molecule has 0 radical (unpaired) electrons. The van der Waals surface area contributed by atoms with Gasteiger partial charge in [0.25, 0.3) is 0 Å². The molecule has 1 atom stereocenters. The first-order valence-corrected chi connectivity index (χ1v) is 6.27. The highest BCUT2D eigenvalue weighted by atomic mass is 16.5. The van der Waals surface area contributed by atoms with Gasteiger partial charge in [-0.05, 0) is 39.7 Å². The molecule has 0 spiro atoms. The largest absolute Gasteiger partial charge is 0.409 e. The quantitative estimate of drug-likeness (QED) is 0.331. The van der Waals surface area contributed by atoms with Crippen molar-refractivity contribution in [3.8, 4) is 0 Å². The maximum Gasteiger partial charge on any atom is 0.156 e. The maximum absolute atomic E-state index is 8.79. The molecule has 1 aliphatic rings. The molecule has 17 heavy (non-hydrogen) atoms. The van der Waals surface area contributed by atoms with Crippen molar-refractivity contribution in [1.82, 2.24) is 4.90 Å². The average molecular weight is 243 g/mol. The van der Waals surface area contributed by atoms with Crippen LogP contribution in [0.2, 0.25) is 0 Å². The summed E-state index contributed by atoms with van der Waals surface area (Å²) in [6, 6.07) is 0.0846. The molecule has 0 aliphatic carbocycles. The molecule has 0 aromatic carbocycles. The van der Waals surface area contributed by atoms with Crippen LogP contribution in [0, 0.1) is 0 Å². The topological polar surface area (TPSA) is 71.1 Å². The summed E-state index contributed by atoms with van der Waals surface area (Å²) in [6.45, 7) is 6.09. The van der Waals surface area contributed by atoms with Crippen LogP contribution in [0.5, 0.6) is 0 Å². The smallest absolute Gasteiger partial charge is 0.156 e. The molecule has 0 bridgehead atoms. The van der Waals surface area contributed by atoms with Crippen LogP contribution in [0.4, 0.5) is 0 Å². The summed E-state index contributed by atoms with van der Waals surface area (Å²) in [6.07, 6.45) is 4.25. The van der Waals surface area contributed by atoms with E-state index in [1.165, 1.54) is 6.42 Å². The summed E-state index contributed by atoms with van der Waals surface area (Å²) < 4.78 is 5.41. The van der Waals surface area contributed by atoms with E-state index in [4.69, 9.17) is 15.7 Å². The fraction of sp³-hybridized carbons (Fsp3) is 0.917. The average Bonchev–Trinajstić information content (AvgIpc) is 2.36. The lowest BCUT2D eigenvalue weighted by Gasteiger charge is -2.36. The van der Waals surface area contributed by atoms with Gasteiger partial charge in [0.05, 0.1) is 11.6 Å². The van der Waals surface area contributed by atoms with E-state index in [1.54, 1.807) is 7.11 Å². The number of piperidine rings is 1. The van der Waals surface area contributed by atoms with E-state index >= 15 is 0 Å². The zero-order valence-corrected chi connectivity index (χ0v) is 11.1. The summed E-state index contributed by atoms with van der Waals surface area (Å²) in [5.74, 6) is 0.333. The highest BCUT2D eigenvalue weighted by Gasteiger charge is 2.27. The Bertz CT molecular complexity index is 266. The van der Waals surface area contributed by atoms with Gasteiger partial charge in [-0.15, -0.1) is 0 Å². The van der Waals surface area contributed by atoms with Crippen molar-refractivity contribution >= 4 is 5.84 Å². The zero-order chi connectivity index (χ0) is 12.9. The molecule has 0 saturated carbocycles. The van der Waals surface area contributed by atoms with Gasteiger partial charge in [0.1, 0.15) is 0 Å². The Labute approximate surface area is 104 Å². The second-order valence-corrected chi connectivity index (χ2v) is 5.29. The van der Waals surface area contributed by atoms with Gasteiger partial charge in [0.15, 0.2) is 5.84 Å². The number of rotatable bonds is 5. The molecule has 1 fully saturated rings.